The lowest BCUT2D eigenvalue weighted by Gasteiger charge is -2.04. The summed E-state index contributed by atoms with van der Waals surface area (Å²) >= 11 is 0. The van der Waals surface area contributed by atoms with E-state index in [2.05, 4.69) is 11.2 Å². The smallest absolute Gasteiger partial charge is 0.0601 e. The molecule has 0 aliphatic rings. The fraction of sp³-hybridized carbons (Fsp3) is 0.750. The van der Waals surface area contributed by atoms with Crippen LogP contribution in [0.5, 0.6) is 0 Å². The third-order valence-corrected chi connectivity index (χ3v) is 1.15. The van der Waals surface area contributed by atoms with Crippen LogP contribution < -0.4 is 5.32 Å². The van der Waals surface area contributed by atoms with E-state index >= 15 is 0 Å². The van der Waals surface area contributed by atoms with Gasteiger partial charge in [0.05, 0.1) is 13.2 Å². The number of rotatable bonds is 5. The summed E-state index contributed by atoms with van der Waals surface area (Å²) in [6.07, 6.45) is 5.14. The molecule has 0 aliphatic heterocycles. The lowest BCUT2D eigenvalue weighted by atomic mass is 10.2. The summed E-state index contributed by atoms with van der Waals surface area (Å²) in [7, 11) is 1.90. The molecule has 0 saturated carbocycles. The van der Waals surface area contributed by atoms with Crippen LogP contribution in [0.2, 0.25) is 0 Å². The lowest BCUT2D eigenvalue weighted by Crippen LogP contribution is -2.16. The molecule has 0 rings (SSSR count). The van der Waals surface area contributed by atoms with Crippen molar-refractivity contribution in [3.8, 4) is 12.3 Å². The fourth-order valence-electron chi connectivity index (χ4n) is 0.482. The minimum Gasteiger partial charge on any atom is -0.379 e. The van der Waals surface area contributed by atoms with Crippen molar-refractivity contribution in [2.75, 3.05) is 26.8 Å². The number of hydrogen-bond donors (Lipinski definition) is 1. The van der Waals surface area contributed by atoms with Crippen LogP contribution in [0.15, 0.2) is 0 Å². The van der Waals surface area contributed by atoms with Crippen LogP contribution in [0, 0.1) is 18.3 Å². The van der Waals surface area contributed by atoms with Gasteiger partial charge in [0, 0.05) is 12.5 Å². The van der Waals surface area contributed by atoms with Crippen molar-refractivity contribution >= 4 is 0 Å². The van der Waals surface area contributed by atoms with Crippen molar-refractivity contribution in [3.63, 3.8) is 0 Å². The van der Waals surface area contributed by atoms with E-state index in [-0.39, 0.29) is 5.92 Å². The van der Waals surface area contributed by atoms with Gasteiger partial charge in [-0.2, -0.15) is 0 Å². The fourth-order valence-corrected chi connectivity index (χ4v) is 0.482. The van der Waals surface area contributed by atoms with E-state index < -0.39 is 0 Å². The average Bonchev–Trinajstić information content (AvgIpc) is 1.98. The quantitative estimate of drug-likeness (QED) is 0.444. The maximum Gasteiger partial charge on any atom is 0.0601 e. The van der Waals surface area contributed by atoms with Crippen molar-refractivity contribution in [2.45, 2.75) is 6.92 Å². The third kappa shape index (κ3) is 5.61. The number of likely N-dealkylation sites (N-methyl/N-ethyl adjacent to an activating group) is 1. The normalized spacial score (nSPS) is 12.5. The molecule has 0 aromatic heterocycles. The van der Waals surface area contributed by atoms with E-state index in [0.717, 1.165) is 13.2 Å². The molecule has 2 heteroatoms. The molecule has 0 spiro atoms. The van der Waals surface area contributed by atoms with Gasteiger partial charge in [0.15, 0.2) is 0 Å². The van der Waals surface area contributed by atoms with Gasteiger partial charge in [-0.3, -0.25) is 0 Å². The zero-order chi connectivity index (χ0) is 7.82. The zero-order valence-electron chi connectivity index (χ0n) is 6.68. The van der Waals surface area contributed by atoms with Gasteiger partial charge < -0.3 is 10.1 Å². The SMILES string of the molecule is C#C[C@H](C)COCCNC. The molecule has 0 fully saturated rings. The highest BCUT2D eigenvalue weighted by Gasteiger charge is 1.94. The second-order valence-corrected chi connectivity index (χ2v) is 2.25. The van der Waals surface area contributed by atoms with Crippen molar-refractivity contribution in [1.29, 1.82) is 0 Å². The van der Waals surface area contributed by atoms with Crippen LogP contribution in [-0.4, -0.2) is 26.8 Å². The van der Waals surface area contributed by atoms with Crippen molar-refractivity contribution in [2.24, 2.45) is 5.92 Å². The van der Waals surface area contributed by atoms with Gasteiger partial charge in [0.1, 0.15) is 0 Å². The van der Waals surface area contributed by atoms with E-state index in [1.807, 2.05) is 14.0 Å². The van der Waals surface area contributed by atoms with E-state index in [1.54, 1.807) is 0 Å². The summed E-state index contributed by atoms with van der Waals surface area (Å²) in [5, 5.41) is 2.98. The molecule has 58 valence electrons. The Kier molecular flexibility index (Phi) is 6.25. The first-order valence-electron chi connectivity index (χ1n) is 3.49. The van der Waals surface area contributed by atoms with Crippen LogP contribution in [-0.2, 0) is 4.74 Å². The molecular formula is C8H15NO. The molecule has 0 heterocycles. The molecule has 0 saturated heterocycles. The summed E-state index contributed by atoms with van der Waals surface area (Å²) in [5.41, 5.74) is 0. The molecule has 2 nitrogen and oxygen atoms in total. The summed E-state index contributed by atoms with van der Waals surface area (Å²) in [4.78, 5) is 0. The van der Waals surface area contributed by atoms with Gasteiger partial charge in [-0.1, -0.05) is 0 Å². The van der Waals surface area contributed by atoms with E-state index in [9.17, 15) is 0 Å². The number of terminal acetylenes is 1. The number of ether oxygens (including phenoxy) is 1. The monoisotopic (exact) mass is 141 g/mol. The van der Waals surface area contributed by atoms with E-state index in [4.69, 9.17) is 11.2 Å². The average molecular weight is 141 g/mol. The first kappa shape index (κ1) is 9.48. The molecular weight excluding hydrogens is 126 g/mol. The molecule has 0 aromatic rings. The second-order valence-electron chi connectivity index (χ2n) is 2.25. The molecule has 1 atom stereocenters. The molecule has 0 aliphatic carbocycles. The van der Waals surface area contributed by atoms with Gasteiger partial charge in [0.25, 0.3) is 0 Å². The molecule has 0 aromatic carbocycles. The first-order valence-corrected chi connectivity index (χ1v) is 3.49. The molecule has 1 N–H and O–H groups in total. The van der Waals surface area contributed by atoms with Crippen molar-refractivity contribution in [1.82, 2.24) is 5.32 Å². The molecule has 0 bridgehead atoms. The predicted octanol–water partition coefficient (Wildman–Crippen LogP) is 0.492. The summed E-state index contributed by atoms with van der Waals surface area (Å²) in [6.45, 7) is 4.26. The molecule has 0 unspecified atom stereocenters. The minimum absolute atomic E-state index is 0.233. The highest BCUT2D eigenvalue weighted by molar-refractivity contribution is 4.89. The Morgan fingerprint density at radius 2 is 2.40 bits per heavy atom. The topological polar surface area (TPSA) is 21.3 Å². The molecule has 10 heavy (non-hydrogen) atoms. The summed E-state index contributed by atoms with van der Waals surface area (Å²) < 4.78 is 5.22. The largest absolute Gasteiger partial charge is 0.379 e. The Balaban J connectivity index is 2.98. The van der Waals surface area contributed by atoms with Crippen LogP contribution in [0.1, 0.15) is 6.92 Å². The van der Waals surface area contributed by atoms with Gasteiger partial charge in [0.2, 0.25) is 0 Å². The van der Waals surface area contributed by atoms with Crippen LogP contribution in [0.25, 0.3) is 0 Å². The highest BCUT2D eigenvalue weighted by Crippen LogP contribution is 1.90. The predicted molar refractivity (Wildman–Crippen MR) is 42.7 cm³/mol. The second kappa shape index (κ2) is 6.60. The minimum atomic E-state index is 0.233. The Hall–Kier alpha value is -0.520. The van der Waals surface area contributed by atoms with Crippen LogP contribution >= 0.6 is 0 Å². The summed E-state index contributed by atoms with van der Waals surface area (Å²) in [6, 6.07) is 0. The maximum atomic E-state index is 5.22. The van der Waals surface area contributed by atoms with Crippen molar-refractivity contribution < 1.29 is 4.74 Å². The Labute approximate surface area is 63.0 Å². The third-order valence-electron chi connectivity index (χ3n) is 1.15. The number of hydrogen-bond acceptors (Lipinski definition) is 2. The Morgan fingerprint density at radius 3 is 2.90 bits per heavy atom. The van der Waals surface area contributed by atoms with Gasteiger partial charge in [-0.15, -0.1) is 12.3 Å². The van der Waals surface area contributed by atoms with Gasteiger partial charge in [-0.25, -0.2) is 0 Å². The Bertz CT molecular complexity index is 106. The van der Waals surface area contributed by atoms with E-state index in [1.165, 1.54) is 0 Å². The standard InChI is InChI=1S/C8H15NO/c1-4-8(2)7-10-6-5-9-3/h1,8-9H,5-7H2,2-3H3/t8-/m0/s1. The summed E-state index contributed by atoms with van der Waals surface area (Å²) in [5.74, 6) is 2.83. The maximum absolute atomic E-state index is 5.22. The van der Waals surface area contributed by atoms with Gasteiger partial charge in [-0.05, 0) is 14.0 Å². The number of nitrogens with one attached hydrogen (secondary N) is 1. The highest BCUT2D eigenvalue weighted by atomic mass is 16.5. The van der Waals surface area contributed by atoms with E-state index in [0.29, 0.717) is 6.61 Å². The van der Waals surface area contributed by atoms with Gasteiger partial charge >= 0.3 is 0 Å². The van der Waals surface area contributed by atoms with Crippen LogP contribution in [0.3, 0.4) is 0 Å². The first-order chi connectivity index (χ1) is 4.81. The van der Waals surface area contributed by atoms with Crippen LogP contribution in [0.4, 0.5) is 0 Å². The Morgan fingerprint density at radius 1 is 1.70 bits per heavy atom. The molecule has 0 amide bonds. The zero-order valence-corrected chi connectivity index (χ0v) is 6.68. The lowest BCUT2D eigenvalue weighted by molar-refractivity contribution is 0.122. The molecule has 0 radical (unpaired) electrons. The van der Waals surface area contributed by atoms with Crippen molar-refractivity contribution in [3.05, 3.63) is 0 Å².